The molecule has 0 saturated carbocycles. The van der Waals surface area contributed by atoms with Crippen molar-refractivity contribution in [3.63, 3.8) is 0 Å². The van der Waals surface area contributed by atoms with E-state index in [0.29, 0.717) is 5.88 Å². The Kier molecular flexibility index (Phi) is 4.14. The Morgan fingerprint density at radius 3 is 2.96 bits per heavy atom. The molecule has 0 amide bonds. The van der Waals surface area contributed by atoms with E-state index >= 15 is 0 Å². The van der Waals surface area contributed by atoms with E-state index in [2.05, 4.69) is 27.9 Å². The second-order valence-corrected chi connectivity index (χ2v) is 7.10. The second kappa shape index (κ2) is 6.43. The molecular formula is C18H15ClN2O2S. The predicted octanol–water partition coefficient (Wildman–Crippen LogP) is 4.32. The molecule has 0 bridgehead atoms. The summed E-state index contributed by atoms with van der Waals surface area (Å²) in [7, 11) is 0. The number of nitrogens with zero attached hydrogens (tertiary/aromatic N) is 2. The van der Waals surface area contributed by atoms with Crippen molar-refractivity contribution < 1.29 is 9.84 Å². The van der Waals surface area contributed by atoms with Crippen molar-refractivity contribution in [1.82, 2.24) is 9.55 Å². The number of benzene rings is 1. The lowest BCUT2D eigenvalue weighted by Gasteiger charge is -2.05. The summed E-state index contributed by atoms with van der Waals surface area (Å²) in [4.78, 5) is 5.57. The largest absolute Gasteiger partial charge is 0.475 e. The molecule has 3 aromatic heterocycles. The maximum atomic E-state index is 8.82. The van der Waals surface area contributed by atoms with E-state index < -0.39 is 0 Å². The Morgan fingerprint density at radius 2 is 2.08 bits per heavy atom. The van der Waals surface area contributed by atoms with Crippen LogP contribution in [0.2, 0.25) is 5.02 Å². The van der Waals surface area contributed by atoms with Gasteiger partial charge in [0.15, 0.2) is 0 Å². The standard InChI is InChI=1S/C18H15ClN2O2S/c19-14-2-1-13-7-15(24-17(13)9-14)11-21-4-3-12-8-18(23-6-5-22)20-10-16(12)21/h1-4,7-10,22H,5-6,11H2. The molecule has 0 atom stereocenters. The van der Waals surface area contributed by atoms with Gasteiger partial charge < -0.3 is 14.4 Å². The van der Waals surface area contributed by atoms with Gasteiger partial charge in [-0.2, -0.15) is 0 Å². The van der Waals surface area contributed by atoms with Crippen molar-refractivity contribution in [1.29, 1.82) is 0 Å². The molecule has 0 unspecified atom stereocenters. The summed E-state index contributed by atoms with van der Waals surface area (Å²) in [5, 5.41) is 11.9. The number of hydrogen-bond donors (Lipinski definition) is 1. The number of ether oxygens (including phenoxy) is 1. The van der Waals surface area contributed by atoms with Crippen LogP contribution in [-0.4, -0.2) is 27.9 Å². The van der Waals surface area contributed by atoms with Gasteiger partial charge in [-0.25, -0.2) is 4.98 Å². The monoisotopic (exact) mass is 358 g/mol. The molecule has 122 valence electrons. The molecule has 4 nitrogen and oxygen atoms in total. The smallest absolute Gasteiger partial charge is 0.213 e. The van der Waals surface area contributed by atoms with E-state index in [0.717, 1.165) is 22.5 Å². The molecule has 4 aromatic rings. The van der Waals surface area contributed by atoms with Gasteiger partial charge in [-0.1, -0.05) is 17.7 Å². The number of aliphatic hydroxyl groups excluding tert-OH is 1. The zero-order valence-corrected chi connectivity index (χ0v) is 14.3. The minimum absolute atomic E-state index is 0.0172. The zero-order valence-electron chi connectivity index (χ0n) is 12.8. The average molecular weight is 359 g/mol. The van der Waals surface area contributed by atoms with Gasteiger partial charge in [0.1, 0.15) is 6.61 Å². The van der Waals surface area contributed by atoms with Crippen LogP contribution in [0.15, 0.2) is 48.8 Å². The molecule has 0 fully saturated rings. The number of aliphatic hydroxyl groups is 1. The van der Waals surface area contributed by atoms with Crippen LogP contribution in [0, 0.1) is 0 Å². The highest BCUT2D eigenvalue weighted by Gasteiger charge is 2.07. The fourth-order valence-corrected chi connectivity index (χ4v) is 4.08. The first-order chi connectivity index (χ1) is 11.7. The van der Waals surface area contributed by atoms with Crippen LogP contribution >= 0.6 is 22.9 Å². The predicted molar refractivity (Wildman–Crippen MR) is 98.3 cm³/mol. The minimum Gasteiger partial charge on any atom is -0.475 e. The van der Waals surface area contributed by atoms with Crippen molar-refractivity contribution >= 4 is 43.9 Å². The van der Waals surface area contributed by atoms with Crippen molar-refractivity contribution in [3.05, 3.63) is 58.7 Å². The Morgan fingerprint density at radius 1 is 1.17 bits per heavy atom. The number of thiophene rings is 1. The molecule has 0 aliphatic rings. The Balaban J connectivity index is 1.63. The van der Waals surface area contributed by atoms with Crippen LogP contribution in [0.1, 0.15) is 4.88 Å². The van der Waals surface area contributed by atoms with Crippen molar-refractivity contribution in [2.24, 2.45) is 0 Å². The number of halogens is 1. The minimum atomic E-state index is -0.0172. The molecule has 0 spiro atoms. The highest BCUT2D eigenvalue weighted by molar-refractivity contribution is 7.19. The molecule has 24 heavy (non-hydrogen) atoms. The van der Waals surface area contributed by atoms with E-state index in [4.69, 9.17) is 21.4 Å². The van der Waals surface area contributed by atoms with Gasteiger partial charge in [-0.05, 0) is 29.7 Å². The first-order valence-corrected chi connectivity index (χ1v) is 8.79. The van der Waals surface area contributed by atoms with E-state index in [1.165, 1.54) is 15.0 Å². The molecule has 6 heteroatoms. The number of hydrogen-bond acceptors (Lipinski definition) is 4. The van der Waals surface area contributed by atoms with E-state index in [1.807, 2.05) is 30.5 Å². The first-order valence-electron chi connectivity index (χ1n) is 7.59. The van der Waals surface area contributed by atoms with E-state index in [9.17, 15) is 0 Å². The Bertz CT molecular complexity index is 1010. The van der Waals surface area contributed by atoms with Crippen LogP contribution in [0.3, 0.4) is 0 Å². The lowest BCUT2D eigenvalue weighted by molar-refractivity contribution is 0.197. The maximum Gasteiger partial charge on any atom is 0.213 e. The topological polar surface area (TPSA) is 47.3 Å². The summed E-state index contributed by atoms with van der Waals surface area (Å²) in [5.74, 6) is 0.533. The summed E-state index contributed by atoms with van der Waals surface area (Å²) in [5.41, 5.74) is 1.06. The Labute approximate surface area is 147 Å². The quantitative estimate of drug-likeness (QED) is 0.577. The molecule has 4 rings (SSSR count). The Hall–Kier alpha value is -2.08. The van der Waals surface area contributed by atoms with Crippen LogP contribution in [-0.2, 0) is 6.54 Å². The summed E-state index contributed by atoms with van der Waals surface area (Å²) in [6, 6.07) is 12.1. The first kappa shape index (κ1) is 15.4. The van der Waals surface area contributed by atoms with Crippen LogP contribution in [0.25, 0.3) is 21.0 Å². The van der Waals surface area contributed by atoms with Gasteiger partial charge in [0.2, 0.25) is 5.88 Å². The lowest BCUT2D eigenvalue weighted by Crippen LogP contribution is -2.03. The number of pyridine rings is 1. The van der Waals surface area contributed by atoms with Gasteiger partial charge in [0.05, 0.1) is 24.9 Å². The summed E-state index contributed by atoms with van der Waals surface area (Å²) < 4.78 is 8.73. The average Bonchev–Trinajstić information content (AvgIpc) is 3.16. The van der Waals surface area contributed by atoms with E-state index in [-0.39, 0.29) is 13.2 Å². The zero-order chi connectivity index (χ0) is 16.5. The van der Waals surface area contributed by atoms with Crippen LogP contribution in [0.4, 0.5) is 0 Å². The molecule has 0 aliphatic carbocycles. The van der Waals surface area contributed by atoms with Gasteiger partial charge in [-0.3, -0.25) is 0 Å². The molecule has 3 heterocycles. The van der Waals surface area contributed by atoms with Crippen molar-refractivity contribution in [2.45, 2.75) is 6.54 Å². The molecule has 1 N–H and O–H groups in total. The number of aromatic nitrogens is 2. The maximum absolute atomic E-state index is 8.82. The molecule has 0 saturated heterocycles. The normalized spacial score (nSPS) is 11.4. The fourth-order valence-electron chi connectivity index (χ4n) is 2.74. The molecule has 0 radical (unpaired) electrons. The van der Waals surface area contributed by atoms with Gasteiger partial charge in [0, 0.05) is 32.2 Å². The highest BCUT2D eigenvalue weighted by Crippen LogP contribution is 2.29. The summed E-state index contributed by atoms with van der Waals surface area (Å²) in [6.45, 7) is 1.03. The van der Waals surface area contributed by atoms with Crippen LogP contribution < -0.4 is 4.74 Å². The molecule has 1 aromatic carbocycles. The molecular weight excluding hydrogens is 344 g/mol. The van der Waals surface area contributed by atoms with Crippen molar-refractivity contribution in [3.8, 4) is 5.88 Å². The highest BCUT2D eigenvalue weighted by atomic mass is 35.5. The second-order valence-electron chi connectivity index (χ2n) is 5.49. The molecule has 0 aliphatic heterocycles. The third-order valence-electron chi connectivity index (χ3n) is 3.83. The third-order valence-corrected chi connectivity index (χ3v) is 5.15. The summed E-state index contributed by atoms with van der Waals surface area (Å²) >= 11 is 7.82. The summed E-state index contributed by atoms with van der Waals surface area (Å²) in [6.07, 6.45) is 3.87. The SMILES string of the molecule is OCCOc1cc2ccn(Cc3cc4ccc(Cl)cc4s3)c2cn1. The van der Waals surface area contributed by atoms with Crippen LogP contribution in [0.5, 0.6) is 5.88 Å². The lowest BCUT2D eigenvalue weighted by atomic mass is 10.2. The van der Waals surface area contributed by atoms with E-state index in [1.54, 1.807) is 11.3 Å². The van der Waals surface area contributed by atoms with Gasteiger partial charge >= 0.3 is 0 Å². The van der Waals surface area contributed by atoms with Gasteiger partial charge in [0.25, 0.3) is 0 Å². The number of rotatable bonds is 5. The van der Waals surface area contributed by atoms with Crippen molar-refractivity contribution in [2.75, 3.05) is 13.2 Å². The third kappa shape index (κ3) is 2.98. The fraction of sp³-hybridized carbons (Fsp3) is 0.167. The van der Waals surface area contributed by atoms with Gasteiger partial charge in [-0.15, -0.1) is 11.3 Å². The number of fused-ring (bicyclic) bond motifs is 2.